The summed E-state index contributed by atoms with van der Waals surface area (Å²) >= 11 is 0. The second-order valence-electron chi connectivity index (χ2n) is 3.77. The topological polar surface area (TPSA) is 56.0 Å². The number of aldehydes is 1. The third-order valence-corrected chi connectivity index (χ3v) is 2.65. The molecule has 0 unspecified atom stereocenters. The van der Waals surface area contributed by atoms with Gasteiger partial charge in [-0.25, -0.2) is 0 Å². The van der Waals surface area contributed by atoms with Crippen LogP contribution in [0.25, 0.3) is 11.1 Å². The number of carbonyl (C=O) groups is 1. The van der Waals surface area contributed by atoms with E-state index in [1.807, 2.05) is 12.1 Å². The molecule has 0 aliphatic carbocycles. The van der Waals surface area contributed by atoms with E-state index in [0.29, 0.717) is 11.3 Å². The third kappa shape index (κ3) is 3.49. The minimum atomic E-state index is 0. The number of pyridine rings is 1. The van der Waals surface area contributed by atoms with Crippen LogP contribution in [-0.4, -0.2) is 11.3 Å². The van der Waals surface area contributed by atoms with Gasteiger partial charge in [0.15, 0.2) is 0 Å². The molecule has 0 radical (unpaired) electrons. The Balaban J connectivity index is 0.00000162. The molecule has 0 spiro atoms. The van der Waals surface area contributed by atoms with Crippen molar-refractivity contribution < 1.29 is 56.2 Å². The van der Waals surface area contributed by atoms with Crippen molar-refractivity contribution in [3.8, 4) is 11.1 Å². The van der Waals surface area contributed by atoms with Gasteiger partial charge in [0.1, 0.15) is 0 Å². The first-order valence-electron chi connectivity index (χ1n) is 5.46. The molecule has 2 rings (SSSR count). The van der Waals surface area contributed by atoms with Gasteiger partial charge in [-0.15, -0.1) is 5.56 Å². The summed E-state index contributed by atoms with van der Waals surface area (Å²) in [4.78, 5) is 15.1. The van der Waals surface area contributed by atoms with Gasteiger partial charge in [-0.3, -0.25) is 4.98 Å². The van der Waals surface area contributed by atoms with Crippen molar-refractivity contribution in [2.24, 2.45) is 0 Å². The first kappa shape index (κ1) is 15.5. The molecular weight excluding hydrogens is 251 g/mol. The normalized spacial score (nSPS) is 9.61. The number of aromatic nitrogens is 1. The summed E-state index contributed by atoms with van der Waals surface area (Å²) < 4.78 is 0. The molecule has 1 aromatic carbocycles. The van der Waals surface area contributed by atoms with E-state index in [2.05, 4.69) is 18.0 Å². The zero-order chi connectivity index (χ0) is 12.3. The van der Waals surface area contributed by atoms with Gasteiger partial charge in [0.2, 0.25) is 0 Å². The van der Waals surface area contributed by atoms with Crippen LogP contribution < -0.4 is 57.1 Å². The maximum absolute atomic E-state index is 10.8. The van der Waals surface area contributed by atoms with Gasteiger partial charge in [0, 0.05) is 11.9 Å². The first-order valence-corrected chi connectivity index (χ1v) is 5.46. The maximum atomic E-state index is 10.8. The summed E-state index contributed by atoms with van der Waals surface area (Å²) in [5.41, 5.74) is 9.36. The number of hydrogen-bond donors (Lipinski definition) is 1. The number of anilines is 1. The van der Waals surface area contributed by atoms with E-state index in [1.165, 1.54) is 0 Å². The molecule has 18 heavy (non-hydrogen) atoms. The molecule has 1 aromatic heterocycles. The average Bonchev–Trinajstić information content (AvgIpc) is 2.39. The summed E-state index contributed by atoms with van der Waals surface area (Å²) in [6, 6.07) is 10.3. The van der Waals surface area contributed by atoms with Crippen LogP contribution in [0.3, 0.4) is 0 Å². The summed E-state index contributed by atoms with van der Waals surface area (Å²) in [5.74, 6) is 0. The zero-order valence-corrected chi connectivity index (χ0v) is 13.7. The fourth-order valence-corrected chi connectivity index (χ4v) is 1.59. The molecule has 3 nitrogen and oxygen atoms in total. The number of nitrogen functional groups attached to an aromatic ring is 1. The SMILES string of the molecule is CCc1ccc(-c2c[c-]c(N)c(C=O)c2)cn1.[K+]. The quantitative estimate of drug-likeness (QED) is 0.352. The number of nitrogens with zero attached hydrogens (tertiary/aromatic N) is 1. The minimum Gasteiger partial charge on any atom is -0.419 e. The Morgan fingerprint density at radius 1 is 1.39 bits per heavy atom. The van der Waals surface area contributed by atoms with Crippen LogP contribution in [0.2, 0.25) is 0 Å². The number of aryl methyl sites for hydroxylation is 1. The fraction of sp³-hybridized carbons (Fsp3) is 0.143. The number of carbonyl (C=O) groups excluding carboxylic acids is 1. The van der Waals surface area contributed by atoms with Gasteiger partial charge >= 0.3 is 51.4 Å². The van der Waals surface area contributed by atoms with E-state index in [-0.39, 0.29) is 51.4 Å². The average molecular weight is 264 g/mol. The first-order chi connectivity index (χ1) is 8.24. The van der Waals surface area contributed by atoms with Crippen LogP contribution in [0, 0.1) is 6.07 Å². The molecular formula is C14H13KN2O. The van der Waals surface area contributed by atoms with Gasteiger partial charge in [0.05, 0.1) is 6.29 Å². The maximum Gasteiger partial charge on any atom is 1.00 e. The van der Waals surface area contributed by atoms with Crippen LogP contribution in [0.4, 0.5) is 5.69 Å². The van der Waals surface area contributed by atoms with Crippen molar-refractivity contribution in [2.75, 3.05) is 5.73 Å². The molecule has 86 valence electrons. The van der Waals surface area contributed by atoms with Gasteiger partial charge in [0.25, 0.3) is 0 Å². The molecule has 2 N–H and O–H groups in total. The van der Waals surface area contributed by atoms with Crippen molar-refractivity contribution in [3.05, 3.63) is 47.8 Å². The van der Waals surface area contributed by atoms with Gasteiger partial charge in [-0.2, -0.15) is 18.2 Å². The third-order valence-electron chi connectivity index (χ3n) is 2.65. The molecule has 0 aliphatic heterocycles. The van der Waals surface area contributed by atoms with Gasteiger partial charge in [-0.05, 0) is 12.5 Å². The smallest absolute Gasteiger partial charge is 0.419 e. The van der Waals surface area contributed by atoms with E-state index in [9.17, 15) is 4.79 Å². The number of rotatable bonds is 3. The van der Waals surface area contributed by atoms with Gasteiger partial charge < -0.3 is 10.5 Å². The van der Waals surface area contributed by atoms with Crippen LogP contribution in [0.5, 0.6) is 0 Å². The Morgan fingerprint density at radius 2 is 2.17 bits per heavy atom. The predicted octanol–water partition coefficient (Wildman–Crippen LogP) is -0.490. The van der Waals surface area contributed by atoms with E-state index in [4.69, 9.17) is 5.73 Å². The second kappa shape index (κ2) is 7.16. The predicted molar refractivity (Wildman–Crippen MR) is 67.7 cm³/mol. The Labute approximate surface area is 149 Å². The van der Waals surface area contributed by atoms with E-state index < -0.39 is 0 Å². The van der Waals surface area contributed by atoms with Crippen LogP contribution in [-0.2, 0) is 6.42 Å². The summed E-state index contributed by atoms with van der Waals surface area (Å²) in [7, 11) is 0. The molecule has 0 saturated heterocycles. The monoisotopic (exact) mass is 264 g/mol. The summed E-state index contributed by atoms with van der Waals surface area (Å²) in [6.45, 7) is 2.06. The van der Waals surface area contributed by atoms with Crippen molar-refractivity contribution in [1.29, 1.82) is 0 Å². The zero-order valence-electron chi connectivity index (χ0n) is 10.6. The molecule has 1 heterocycles. The summed E-state index contributed by atoms with van der Waals surface area (Å²) in [5, 5.41) is 0. The number of benzene rings is 1. The van der Waals surface area contributed by atoms with Crippen LogP contribution in [0.15, 0.2) is 30.5 Å². The standard InChI is InChI=1S/C14H13N2O.K/c1-2-13-5-3-11(8-16-13)10-4-6-14(15)12(7-10)9-17;/h3-5,7-9H,2,15H2,1H3;/q-1;+1. The molecule has 0 fully saturated rings. The van der Waals surface area contributed by atoms with Crippen molar-refractivity contribution in [1.82, 2.24) is 4.98 Å². The molecule has 0 amide bonds. The van der Waals surface area contributed by atoms with E-state index in [0.717, 1.165) is 29.5 Å². The van der Waals surface area contributed by atoms with Crippen LogP contribution >= 0.6 is 0 Å². The fourth-order valence-electron chi connectivity index (χ4n) is 1.59. The second-order valence-corrected chi connectivity index (χ2v) is 3.77. The molecule has 0 saturated carbocycles. The van der Waals surface area contributed by atoms with E-state index >= 15 is 0 Å². The Hall–Kier alpha value is -0.524. The van der Waals surface area contributed by atoms with E-state index in [1.54, 1.807) is 18.3 Å². The molecule has 0 bridgehead atoms. The van der Waals surface area contributed by atoms with Crippen molar-refractivity contribution in [2.45, 2.75) is 13.3 Å². The molecule has 4 heteroatoms. The Morgan fingerprint density at radius 3 is 2.72 bits per heavy atom. The number of nitrogens with two attached hydrogens (primary N) is 1. The summed E-state index contributed by atoms with van der Waals surface area (Å²) in [6.07, 6.45) is 3.45. The van der Waals surface area contributed by atoms with Crippen molar-refractivity contribution in [3.63, 3.8) is 0 Å². The largest absolute Gasteiger partial charge is 1.00 e. The minimum absolute atomic E-state index is 0. The van der Waals surface area contributed by atoms with Gasteiger partial charge in [-0.1, -0.05) is 29.8 Å². The Kier molecular flexibility index (Phi) is 6.18. The van der Waals surface area contributed by atoms with Crippen LogP contribution in [0.1, 0.15) is 23.0 Å². The number of hydrogen-bond acceptors (Lipinski definition) is 3. The molecule has 0 aliphatic rings. The Bertz CT molecular complexity index is 538. The molecule has 2 aromatic rings. The van der Waals surface area contributed by atoms with Crippen molar-refractivity contribution >= 4 is 12.0 Å². The molecule has 0 atom stereocenters.